The molecule has 0 aromatic heterocycles. The van der Waals surface area contributed by atoms with Crippen LogP contribution in [0.15, 0.2) is 22.7 Å². The van der Waals surface area contributed by atoms with E-state index in [4.69, 9.17) is 0 Å². The molecule has 0 aliphatic carbocycles. The van der Waals surface area contributed by atoms with Gasteiger partial charge in [-0.3, -0.25) is 0 Å². The van der Waals surface area contributed by atoms with E-state index in [1.807, 2.05) is 4.72 Å². The fraction of sp³-hybridized carbons (Fsp3) is 0.500. The third kappa shape index (κ3) is 4.61. The minimum absolute atomic E-state index is 0.0686. The van der Waals surface area contributed by atoms with E-state index >= 15 is 0 Å². The molecule has 0 fully saturated rings. The second kappa shape index (κ2) is 6.21. The molecule has 1 unspecified atom stereocenters. The molecule has 0 spiro atoms. The van der Waals surface area contributed by atoms with Crippen LogP contribution in [0.5, 0.6) is 0 Å². The quantitative estimate of drug-likeness (QED) is 0.633. The van der Waals surface area contributed by atoms with Crippen molar-refractivity contribution in [2.24, 2.45) is 0 Å². The van der Waals surface area contributed by atoms with E-state index in [1.54, 1.807) is 20.8 Å². The maximum absolute atomic E-state index is 13.4. The number of nitrogens with one attached hydrogen (secondary N) is 1. The van der Waals surface area contributed by atoms with Crippen molar-refractivity contribution >= 4 is 27.3 Å². The number of halogens is 5. The maximum atomic E-state index is 13.4. The second-order valence-electron chi connectivity index (χ2n) is 5.15. The van der Waals surface area contributed by atoms with Crippen molar-refractivity contribution in [3.63, 3.8) is 0 Å². The third-order valence-corrected chi connectivity index (χ3v) is 4.59. The largest absolute Gasteiger partial charge is 0.598 e. The molecule has 114 valence electrons. The van der Waals surface area contributed by atoms with Crippen molar-refractivity contribution in [1.29, 1.82) is 0 Å². The molecule has 1 aromatic rings. The summed E-state index contributed by atoms with van der Waals surface area (Å²) in [5.41, 5.74) is -0.323. The zero-order chi connectivity index (χ0) is 15.7. The highest BCUT2D eigenvalue weighted by Crippen LogP contribution is 2.35. The summed E-state index contributed by atoms with van der Waals surface area (Å²) >= 11 is 0.944. The molecule has 0 saturated carbocycles. The number of hydrogen-bond donors (Lipinski definition) is 1. The zero-order valence-electron chi connectivity index (χ0n) is 11.0. The molecule has 0 radical (unpaired) electrons. The minimum Gasteiger partial charge on any atom is -0.598 e. The Labute approximate surface area is 126 Å². The van der Waals surface area contributed by atoms with Crippen LogP contribution in [0.3, 0.4) is 0 Å². The zero-order valence-corrected chi connectivity index (χ0v) is 13.4. The molecule has 1 rings (SSSR count). The molecule has 0 aliphatic rings. The van der Waals surface area contributed by atoms with Crippen LogP contribution in [-0.2, 0) is 11.4 Å². The van der Waals surface area contributed by atoms with Gasteiger partial charge in [0.15, 0.2) is 6.04 Å². The van der Waals surface area contributed by atoms with E-state index in [0.29, 0.717) is 0 Å². The van der Waals surface area contributed by atoms with Crippen molar-refractivity contribution in [3.05, 3.63) is 34.1 Å². The lowest BCUT2D eigenvalue weighted by atomic mass is 10.1. The van der Waals surface area contributed by atoms with Gasteiger partial charge in [-0.15, -0.1) is 4.72 Å². The van der Waals surface area contributed by atoms with Crippen LogP contribution in [0.25, 0.3) is 0 Å². The van der Waals surface area contributed by atoms with Crippen molar-refractivity contribution < 1.29 is 22.1 Å². The Kier molecular flexibility index (Phi) is 5.51. The Hall–Kier alpha value is -0.310. The second-order valence-corrected chi connectivity index (χ2v) is 8.00. The van der Waals surface area contributed by atoms with Gasteiger partial charge in [0.05, 0.1) is 4.47 Å². The lowest BCUT2D eigenvalue weighted by Gasteiger charge is -2.29. The predicted octanol–water partition coefficient (Wildman–Crippen LogP) is 4.24. The van der Waals surface area contributed by atoms with Gasteiger partial charge in [-0.1, -0.05) is 6.07 Å². The summed E-state index contributed by atoms with van der Waals surface area (Å²) in [5, 5.41) is 0. The predicted molar refractivity (Wildman–Crippen MR) is 73.9 cm³/mol. The molecule has 2 nitrogen and oxygen atoms in total. The molecular formula is C12H14BrF4NOS. The molecule has 2 atom stereocenters. The highest BCUT2D eigenvalue weighted by molar-refractivity contribution is 9.10. The molecule has 0 bridgehead atoms. The van der Waals surface area contributed by atoms with Gasteiger partial charge >= 0.3 is 6.18 Å². The lowest BCUT2D eigenvalue weighted by Crippen LogP contribution is -2.45. The normalized spacial score (nSPS) is 16.1. The van der Waals surface area contributed by atoms with Gasteiger partial charge in [-0.05, 0) is 54.4 Å². The van der Waals surface area contributed by atoms with Crippen molar-refractivity contribution in [2.45, 2.75) is 37.7 Å². The van der Waals surface area contributed by atoms with Crippen LogP contribution in [0, 0.1) is 5.82 Å². The first-order chi connectivity index (χ1) is 8.93. The van der Waals surface area contributed by atoms with E-state index in [1.165, 1.54) is 6.07 Å². The van der Waals surface area contributed by atoms with Gasteiger partial charge in [0.1, 0.15) is 10.6 Å². The molecule has 0 heterocycles. The number of rotatable bonds is 3. The summed E-state index contributed by atoms with van der Waals surface area (Å²) in [7, 11) is 0. The standard InChI is InChI=1S/C12H14BrF4NOS/c1-11(2,3)20(19)18-10(12(15,16)17)7-4-5-8(13)9(14)6-7/h4-6,10,18H,1-3H3/t10-,20?/m0/s1. The van der Waals surface area contributed by atoms with Gasteiger partial charge in [-0.2, -0.15) is 13.2 Å². The van der Waals surface area contributed by atoms with E-state index in [-0.39, 0.29) is 10.0 Å². The summed E-state index contributed by atoms with van der Waals surface area (Å²) in [6.45, 7) is 4.64. The van der Waals surface area contributed by atoms with E-state index < -0.39 is 34.1 Å². The molecule has 0 aliphatic heterocycles. The van der Waals surface area contributed by atoms with Gasteiger partial charge < -0.3 is 4.55 Å². The lowest BCUT2D eigenvalue weighted by molar-refractivity contribution is -0.153. The van der Waals surface area contributed by atoms with Crippen molar-refractivity contribution in [2.75, 3.05) is 0 Å². The highest BCUT2D eigenvalue weighted by Gasteiger charge is 2.45. The minimum atomic E-state index is -4.68. The summed E-state index contributed by atoms with van der Waals surface area (Å²) in [6.07, 6.45) is -4.68. The van der Waals surface area contributed by atoms with Gasteiger partial charge in [0, 0.05) is 11.4 Å². The molecule has 0 amide bonds. The Bertz CT molecular complexity index is 476. The average Bonchev–Trinajstić information content (AvgIpc) is 2.26. The number of benzene rings is 1. The molecular weight excluding hydrogens is 362 g/mol. The Morgan fingerprint density at radius 3 is 2.20 bits per heavy atom. The first-order valence-electron chi connectivity index (χ1n) is 5.62. The maximum Gasteiger partial charge on any atom is 0.412 e. The van der Waals surface area contributed by atoms with E-state index in [0.717, 1.165) is 12.1 Å². The average molecular weight is 376 g/mol. The first kappa shape index (κ1) is 17.7. The van der Waals surface area contributed by atoms with Gasteiger partial charge in [0.25, 0.3) is 0 Å². The van der Waals surface area contributed by atoms with E-state index in [2.05, 4.69) is 15.9 Å². The molecule has 1 N–H and O–H groups in total. The highest BCUT2D eigenvalue weighted by atomic mass is 79.9. The topological polar surface area (TPSA) is 35.1 Å². The van der Waals surface area contributed by atoms with Gasteiger partial charge in [-0.25, -0.2) is 4.39 Å². The van der Waals surface area contributed by atoms with Crippen molar-refractivity contribution in [1.82, 2.24) is 4.72 Å². The summed E-state index contributed by atoms with van der Waals surface area (Å²) < 4.78 is 65.6. The molecule has 1 aromatic carbocycles. The summed E-state index contributed by atoms with van der Waals surface area (Å²) in [6, 6.07) is 0.906. The van der Waals surface area contributed by atoms with Gasteiger partial charge in [0.2, 0.25) is 0 Å². The molecule has 8 heteroatoms. The SMILES string of the molecule is CC(C)(C)[S+]([O-])N[C@@H](c1ccc(Br)c(F)c1)C(F)(F)F. The number of alkyl halides is 3. The van der Waals surface area contributed by atoms with Crippen LogP contribution in [0.2, 0.25) is 0 Å². The fourth-order valence-electron chi connectivity index (χ4n) is 1.30. The molecule has 20 heavy (non-hydrogen) atoms. The Morgan fingerprint density at radius 2 is 1.80 bits per heavy atom. The van der Waals surface area contributed by atoms with Crippen LogP contribution < -0.4 is 4.72 Å². The van der Waals surface area contributed by atoms with Crippen LogP contribution in [-0.4, -0.2) is 15.5 Å². The fourth-order valence-corrected chi connectivity index (χ4v) is 2.38. The molecule has 0 saturated heterocycles. The van der Waals surface area contributed by atoms with Crippen LogP contribution >= 0.6 is 15.9 Å². The first-order valence-corrected chi connectivity index (χ1v) is 7.57. The van der Waals surface area contributed by atoms with E-state index in [9.17, 15) is 22.1 Å². The van der Waals surface area contributed by atoms with Crippen LogP contribution in [0.1, 0.15) is 32.4 Å². The van der Waals surface area contributed by atoms with Crippen LogP contribution in [0.4, 0.5) is 17.6 Å². The monoisotopic (exact) mass is 375 g/mol. The summed E-state index contributed by atoms with van der Waals surface area (Å²) in [5.74, 6) is -0.805. The smallest absolute Gasteiger partial charge is 0.412 e. The Balaban J connectivity index is 3.11. The number of hydrogen-bond acceptors (Lipinski definition) is 2. The summed E-state index contributed by atoms with van der Waals surface area (Å²) in [4.78, 5) is 0. The van der Waals surface area contributed by atoms with Crippen molar-refractivity contribution in [3.8, 4) is 0 Å². The Morgan fingerprint density at radius 1 is 1.25 bits per heavy atom. The third-order valence-electron chi connectivity index (χ3n) is 2.39.